The first-order valence-electron chi connectivity index (χ1n) is 4.97. The maximum absolute atomic E-state index is 12.8. The highest BCUT2D eigenvalue weighted by Crippen LogP contribution is 2.16. The van der Waals surface area contributed by atoms with E-state index in [1.54, 1.807) is 12.1 Å². The molecule has 15 heavy (non-hydrogen) atoms. The molecule has 0 aliphatic carbocycles. The molecule has 1 heterocycles. The smallest absolute Gasteiger partial charge is 0.126 e. The first kappa shape index (κ1) is 12.3. The summed E-state index contributed by atoms with van der Waals surface area (Å²) in [5.41, 5.74) is 0. The van der Waals surface area contributed by atoms with Gasteiger partial charge in [-0.15, -0.1) is 12.4 Å². The van der Waals surface area contributed by atoms with E-state index in [0.717, 1.165) is 25.9 Å². The lowest BCUT2D eigenvalue weighted by Gasteiger charge is -2.23. The van der Waals surface area contributed by atoms with Crippen molar-refractivity contribution in [3.05, 3.63) is 30.1 Å². The van der Waals surface area contributed by atoms with Crippen molar-refractivity contribution in [2.24, 2.45) is 0 Å². The van der Waals surface area contributed by atoms with Crippen LogP contribution in [-0.2, 0) is 0 Å². The Morgan fingerprint density at radius 3 is 2.93 bits per heavy atom. The van der Waals surface area contributed by atoms with Crippen molar-refractivity contribution in [2.45, 2.75) is 18.9 Å². The van der Waals surface area contributed by atoms with E-state index in [4.69, 9.17) is 4.74 Å². The Morgan fingerprint density at radius 1 is 1.40 bits per heavy atom. The largest absolute Gasteiger partial charge is 0.489 e. The molecule has 0 amide bonds. The molecule has 2 nitrogen and oxygen atoms in total. The zero-order valence-electron chi connectivity index (χ0n) is 8.41. The molecule has 84 valence electrons. The Labute approximate surface area is 95.2 Å². The Morgan fingerprint density at radius 2 is 2.27 bits per heavy atom. The van der Waals surface area contributed by atoms with Crippen LogP contribution in [-0.4, -0.2) is 19.2 Å². The second-order valence-electron chi connectivity index (χ2n) is 3.54. The predicted molar refractivity (Wildman–Crippen MR) is 60.2 cm³/mol. The second kappa shape index (κ2) is 5.93. The number of benzene rings is 1. The van der Waals surface area contributed by atoms with Crippen molar-refractivity contribution in [1.29, 1.82) is 0 Å². The third kappa shape index (κ3) is 3.68. The van der Waals surface area contributed by atoms with Crippen LogP contribution in [0.15, 0.2) is 24.3 Å². The van der Waals surface area contributed by atoms with Gasteiger partial charge in [0.05, 0.1) is 0 Å². The summed E-state index contributed by atoms with van der Waals surface area (Å²) in [4.78, 5) is 0. The topological polar surface area (TPSA) is 21.3 Å². The van der Waals surface area contributed by atoms with Crippen LogP contribution in [0.2, 0.25) is 0 Å². The van der Waals surface area contributed by atoms with Gasteiger partial charge in [-0.05, 0) is 31.5 Å². The Balaban J connectivity index is 0.00000112. The molecule has 0 spiro atoms. The fourth-order valence-electron chi connectivity index (χ4n) is 1.65. The fraction of sp³-hybridized carbons (Fsp3) is 0.455. The van der Waals surface area contributed by atoms with Crippen LogP contribution in [0.1, 0.15) is 12.8 Å². The van der Waals surface area contributed by atoms with Crippen molar-refractivity contribution in [3.8, 4) is 5.75 Å². The van der Waals surface area contributed by atoms with Crippen LogP contribution in [0.4, 0.5) is 4.39 Å². The number of ether oxygens (including phenoxy) is 1. The molecule has 0 radical (unpaired) electrons. The molecule has 2 rings (SSSR count). The van der Waals surface area contributed by atoms with E-state index in [-0.39, 0.29) is 24.3 Å². The zero-order valence-corrected chi connectivity index (χ0v) is 9.23. The molecule has 1 aromatic rings. The lowest BCUT2D eigenvalue weighted by molar-refractivity contribution is 0.166. The van der Waals surface area contributed by atoms with Crippen LogP contribution in [0.5, 0.6) is 5.75 Å². The summed E-state index contributed by atoms with van der Waals surface area (Å²) in [5.74, 6) is 0.380. The van der Waals surface area contributed by atoms with Gasteiger partial charge >= 0.3 is 0 Å². The van der Waals surface area contributed by atoms with Gasteiger partial charge in [-0.2, -0.15) is 0 Å². The lowest BCUT2D eigenvalue weighted by atomic mass is 10.1. The van der Waals surface area contributed by atoms with Gasteiger partial charge in [0.1, 0.15) is 17.7 Å². The summed E-state index contributed by atoms with van der Waals surface area (Å²) in [6, 6.07) is 6.30. The number of halogens is 2. The minimum Gasteiger partial charge on any atom is -0.489 e. The zero-order chi connectivity index (χ0) is 9.80. The monoisotopic (exact) mass is 231 g/mol. The van der Waals surface area contributed by atoms with E-state index in [1.165, 1.54) is 12.1 Å². The molecule has 1 fully saturated rings. The second-order valence-corrected chi connectivity index (χ2v) is 3.54. The molecule has 1 aliphatic heterocycles. The Bertz CT molecular complexity index is 302. The van der Waals surface area contributed by atoms with Crippen LogP contribution in [0, 0.1) is 5.82 Å². The minimum atomic E-state index is -0.244. The summed E-state index contributed by atoms with van der Waals surface area (Å²) in [6.45, 7) is 1.92. The summed E-state index contributed by atoms with van der Waals surface area (Å²) in [6.07, 6.45) is 2.36. The molecular weight excluding hydrogens is 217 g/mol. The summed E-state index contributed by atoms with van der Waals surface area (Å²) in [7, 11) is 0. The van der Waals surface area contributed by atoms with Gasteiger partial charge in [-0.3, -0.25) is 0 Å². The predicted octanol–water partition coefficient (Wildman–Crippen LogP) is 2.38. The quantitative estimate of drug-likeness (QED) is 0.844. The van der Waals surface area contributed by atoms with Gasteiger partial charge < -0.3 is 10.1 Å². The molecule has 0 bridgehead atoms. The first-order valence-corrected chi connectivity index (χ1v) is 4.97. The summed E-state index contributed by atoms with van der Waals surface area (Å²) >= 11 is 0. The average molecular weight is 232 g/mol. The van der Waals surface area contributed by atoms with Gasteiger partial charge in [-0.25, -0.2) is 4.39 Å². The van der Waals surface area contributed by atoms with Crippen molar-refractivity contribution < 1.29 is 9.13 Å². The minimum absolute atomic E-state index is 0. The van der Waals surface area contributed by atoms with E-state index in [1.807, 2.05) is 0 Å². The van der Waals surface area contributed by atoms with E-state index in [0.29, 0.717) is 5.75 Å². The van der Waals surface area contributed by atoms with Gasteiger partial charge in [0.2, 0.25) is 0 Å². The lowest BCUT2D eigenvalue weighted by Crippen LogP contribution is -2.37. The Kier molecular flexibility index (Phi) is 4.85. The van der Waals surface area contributed by atoms with E-state index in [2.05, 4.69) is 5.32 Å². The molecule has 1 aromatic carbocycles. The number of rotatable bonds is 2. The van der Waals surface area contributed by atoms with Crippen molar-refractivity contribution in [3.63, 3.8) is 0 Å². The van der Waals surface area contributed by atoms with E-state index >= 15 is 0 Å². The third-order valence-electron chi connectivity index (χ3n) is 2.35. The highest BCUT2D eigenvalue weighted by atomic mass is 35.5. The summed E-state index contributed by atoms with van der Waals surface area (Å²) < 4.78 is 18.5. The van der Waals surface area contributed by atoms with Crippen LogP contribution < -0.4 is 10.1 Å². The molecular formula is C11H15ClFNO. The normalized spacial score (nSPS) is 20.5. The van der Waals surface area contributed by atoms with Crippen LogP contribution in [0.25, 0.3) is 0 Å². The number of piperidine rings is 1. The van der Waals surface area contributed by atoms with Crippen molar-refractivity contribution >= 4 is 12.4 Å². The highest BCUT2D eigenvalue weighted by molar-refractivity contribution is 5.85. The van der Waals surface area contributed by atoms with Crippen LogP contribution >= 0.6 is 12.4 Å². The van der Waals surface area contributed by atoms with Crippen molar-refractivity contribution in [2.75, 3.05) is 13.1 Å². The maximum atomic E-state index is 12.8. The molecule has 1 N–H and O–H groups in total. The van der Waals surface area contributed by atoms with Crippen LogP contribution in [0.3, 0.4) is 0 Å². The van der Waals surface area contributed by atoms with Gasteiger partial charge in [0.15, 0.2) is 0 Å². The SMILES string of the molecule is Cl.Fc1cccc(OC2CCCNC2)c1. The molecule has 0 aromatic heterocycles. The molecule has 4 heteroatoms. The molecule has 1 unspecified atom stereocenters. The molecule has 1 atom stereocenters. The van der Waals surface area contributed by atoms with Gasteiger partial charge in [-0.1, -0.05) is 6.07 Å². The molecule has 1 aliphatic rings. The first-order chi connectivity index (χ1) is 6.84. The number of hydrogen-bond donors (Lipinski definition) is 1. The van der Waals surface area contributed by atoms with E-state index in [9.17, 15) is 4.39 Å². The van der Waals surface area contributed by atoms with Gasteiger partial charge in [0, 0.05) is 12.6 Å². The molecule has 1 saturated heterocycles. The third-order valence-corrected chi connectivity index (χ3v) is 2.35. The number of hydrogen-bond acceptors (Lipinski definition) is 2. The fourth-order valence-corrected chi connectivity index (χ4v) is 1.65. The van der Waals surface area contributed by atoms with Crippen molar-refractivity contribution in [1.82, 2.24) is 5.32 Å². The standard InChI is InChI=1S/C11H14FNO.ClH/c12-9-3-1-4-10(7-9)14-11-5-2-6-13-8-11;/h1,3-4,7,11,13H,2,5-6,8H2;1H. The maximum Gasteiger partial charge on any atom is 0.126 e. The average Bonchev–Trinajstić information content (AvgIpc) is 2.19. The van der Waals surface area contributed by atoms with E-state index < -0.39 is 0 Å². The number of nitrogens with one attached hydrogen (secondary N) is 1. The van der Waals surface area contributed by atoms with Gasteiger partial charge in [0.25, 0.3) is 0 Å². The highest BCUT2D eigenvalue weighted by Gasteiger charge is 2.14. The molecule has 0 saturated carbocycles. The Hall–Kier alpha value is -0.800. The summed E-state index contributed by atoms with van der Waals surface area (Å²) in [5, 5.41) is 3.25.